The summed E-state index contributed by atoms with van der Waals surface area (Å²) in [5, 5.41) is 0.907. The van der Waals surface area contributed by atoms with Gasteiger partial charge in [-0.15, -0.1) is 0 Å². The molecule has 0 unspecified atom stereocenters. The van der Waals surface area contributed by atoms with E-state index in [1.165, 1.54) is 6.07 Å². The Bertz CT molecular complexity index is 632. The molecule has 1 aliphatic carbocycles. The molecule has 1 aliphatic rings. The van der Waals surface area contributed by atoms with Crippen LogP contribution in [0.15, 0.2) is 18.2 Å². The number of H-pyrrole nitrogens is 1. The maximum atomic E-state index is 13.3. The van der Waals surface area contributed by atoms with E-state index < -0.39 is 0 Å². The van der Waals surface area contributed by atoms with E-state index in [-0.39, 0.29) is 17.9 Å². The molecular formula is C15H16FNO2. The summed E-state index contributed by atoms with van der Waals surface area (Å²) in [6.45, 7) is 1.95. The van der Waals surface area contributed by atoms with Gasteiger partial charge in [0.1, 0.15) is 11.9 Å². The molecule has 4 heteroatoms. The Morgan fingerprint density at radius 3 is 3.16 bits per heavy atom. The van der Waals surface area contributed by atoms with Crippen molar-refractivity contribution in [3.05, 3.63) is 35.3 Å². The van der Waals surface area contributed by atoms with Crippen LogP contribution in [0.3, 0.4) is 0 Å². The number of aromatic nitrogens is 1. The summed E-state index contributed by atoms with van der Waals surface area (Å²) < 4.78 is 18.8. The lowest BCUT2D eigenvalue weighted by molar-refractivity contribution is -0.149. The third-order valence-electron chi connectivity index (χ3n) is 3.61. The number of hydrogen-bond acceptors (Lipinski definition) is 2. The van der Waals surface area contributed by atoms with Gasteiger partial charge >= 0.3 is 5.97 Å². The van der Waals surface area contributed by atoms with Crippen molar-refractivity contribution in [2.45, 2.75) is 38.7 Å². The zero-order chi connectivity index (χ0) is 13.4. The van der Waals surface area contributed by atoms with Crippen molar-refractivity contribution < 1.29 is 13.9 Å². The molecule has 100 valence electrons. The number of aromatic amines is 1. The van der Waals surface area contributed by atoms with Crippen LogP contribution < -0.4 is 0 Å². The summed E-state index contributed by atoms with van der Waals surface area (Å²) >= 11 is 0. The molecule has 19 heavy (non-hydrogen) atoms. The van der Waals surface area contributed by atoms with Crippen molar-refractivity contribution >= 4 is 16.9 Å². The number of hydrogen-bond donors (Lipinski definition) is 1. The molecule has 3 nitrogen and oxygen atoms in total. The van der Waals surface area contributed by atoms with Crippen molar-refractivity contribution in [1.29, 1.82) is 0 Å². The minimum atomic E-state index is -0.235. The smallest absolute Gasteiger partial charge is 0.306 e. The molecule has 0 fully saturated rings. The lowest BCUT2D eigenvalue weighted by Crippen LogP contribution is -2.09. The molecule has 0 amide bonds. The number of rotatable bonds is 3. The van der Waals surface area contributed by atoms with Crippen molar-refractivity contribution in [2.24, 2.45) is 0 Å². The highest BCUT2D eigenvalue weighted by atomic mass is 19.1. The molecule has 1 aromatic carbocycles. The molecular weight excluding hydrogens is 245 g/mol. The minimum absolute atomic E-state index is 0.162. The van der Waals surface area contributed by atoms with Gasteiger partial charge in [0.2, 0.25) is 0 Å². The van der Waals surface area contributed by atoms with Crippen LogP contribution in [-0.4, -0.2) is 11.0 Å². The SMILES string of the molecule is CCCC(=O)O[C@@H]1CCc2c1[nH]c1ccc(F)cc21. The first-order valence-corrected chi connectivity index (χ1v) is 6.68. The number of fused-ring (bicyclic) bond motifs is 3. The highest BCUT2D eigenvalue weighted by Gasteiger charge is 2.29. The number of esters is 1. The van der Waals surface area contributed by atoms with Crippen molar-refractivity contribution in [1.82, 2.24) is 4.98 Å². The number of carbonyl (C=O) groups is 1. The Hall–Kier alpha value is -1.84. The average Bonchev–Trinajstić information content (AvgIpc) is 2.90. The van der Waals surface area contributed by atoms with Gasteiger partial charge in [0, 0.05) is 17.3 Å². The van der Waals surface area contributed by atoms with Gasteiger partial charge in [0.25, 0.3) is 0 Å². The Morgan fingerprint density at radius 2 is 2.37 bits per heavy atom. The molecule has 1 heterocycles. The number of ether oxygens (including phenoxy) is 1. The fourth-order valence-electron chi connectivity index (χ4n) is 2.74. The lowest BCUT2D eigenvalue weighted by Gasteiger charge is -2.11. The summed E-state index contributed by atoms with van der Waals surface area (Å²) in [6.07, 6.45) is 2.63. The predicted octanol–water partition coefficient (Wildman–Crippen LogP) is 3.64. The highest BCUT2D eigenvalue weighted by molar-refractivity contribution is 5.85. The van der Waals surface area contributed by atoms with Crippen LogP contribution >= 0.6 is 0 Å². The maximum Gasteiger partial charge on any atom is 0.306 e. The standard InChI is InChI=1S/C15H16FNO2/c1-2-3-14(18)19-13-7-5-10-11-8-9(16)4-6-12(11)17-15(10)13/h4,6,8,13,17H,2-3,5,7H2,1H3/t13-/m1/s1. The number of halogens is 1. The third-order valence-corrected chi connectivity index (χ3v) is 3.61. The van der Waals surface area contributed by atoms with Gasteiger partial charge in [-0.3, -0.25) is 4.79 Å². The zero-order valence-electron chi connectivity index (χ0n) is 10.8. The maximum absolute atomic E-state index is 13.3. The van der Waals surface area contributed by atoms with E-state index in [1.54, 1.807) is 12.1 Å². The number of aryl methyl sites for hydroxylation is 1. The van der Waals surface area contributed by atoms with Gasteiger partial charge in [-0.2, -0.15) is 0 Å². The first kappa shape index (κ1) is 12.2. The quantitative estimate of drug-likeness (QED) is 0.857. The average molecular weight is 261 g/mol. The molecule has 0 saturated carbocycles. The van der Waals surface area contributed by atoms with Crippen LogP contribution in [0, 0.1) is 5.82 Å². The molecule has 0 spiro atoms. The molecule has 0 aliphatic heterocycles. The molecule has 0 saturated heterocycles. The number of carbonyl (C=O) groups excluding carboxylic acids is 1. The van der Waals surface area contributed by atoms with Crippen molar-refractivity contribution in [2.75, 3.05) is 0 Å². The van der Waals surface area contributed by atoms with E-state index in [0.29, 0.717) is 6.42 Å². The minimum Gasteiger partial charge on any atom is -0.456 e. The van der Waals surface area contributed by atoms with Gasteiger partial charge < -0.3 is 9.72 Å². The van der Waals surface area contributed by atoms with Crippen LogP contribution in [0.4, 0.5) is 4.39 Å². The predicted molar refractivity (Wildman–Crippen MR) is 70.3 cm³/mol. The topological polar surface area (TPSA) is 42.1 Å². The first-order chi connectivity index (χ1) is 9.19. The second-order valence-electron chi connectivity index (χ2n) is 4.97. The van der Waals surface area contributed by atoms with Crippen LogP contribution in [0.25, 0.3) is 10.9 Å². The third kappa shape index (κ3) is 2.11. The summed E-state index contributed by atoms with van der Waals surface area (Å²) in [5.41, 5.74) is 2.93. The van der Waals surface area contributed by atoms with Gasteiger partial charge in [0.05, 0.1) is 5.69 Å². The molecule has 0 radical (unpaired) electrons. The highest BCUT2D eigenvalue weighted by Crippen LogP contribution is 2.38. The fraction of sp³-hybridized carbons (Fsp3) is 0.400. The van der Waals surface area contributed by atoms with E-state index in [1.807, 2.05) is 6.92 Å². The van der Waals surface area contributed by atoms with Crippen LogP contribution in [-0.2, 0) is 16.0 Å². The normalized spacial score (nSPS) is 17.7. The van der Waals surface area contributed by atoms with E-state index in [4.69, 9.17) is 4.74 Å². The Morgan fingerprint density at radius 1 is 1.53 bits per heavy atom. The monoisotopic (exact) mass is 261 g/mol. The molecule has 2 aromatic rings. The van der Waals surface area contributed by atoms with Crippen LogP contribution in [0.2, 0.25) is 0 Å². The van der Waals surface area contributed by atoms with Crippen LogP contribution in [0.5, 0.6) is 0 Å². The molecule has 0 bridgehead atoms. The number of nitrogens with one attached hydrogen (secondary N) is 1. The summed E-state index contributed by atoms with van der Waals surface area (Å²) in [6, 6.07) is 4.71. The first-order valence-electron chi connectivity index (χ1n) is 6.68. The summed E-state index contributed by atoms with van der Waals surface area (Å²) in [5.74, 6) is -0.397. The van der Waals surface area contributed by atoms with Crippen molar-refractivity contribution in [3.63, 3.8) is 0 Å². The van der Waals surface area contributed by atoms with Gasteiger partial charge in [-0.25, -0.2) is 4.39 Å². The number of benzene rings is 1. The van der Waals surface area contributed by atoms with Gasteiger partial charge in [0.15, 0.2) is 0 Å². The fourth-order valence-corrected chi connectivity index (χ4v) is 2.74. The van der Waals surface area contributed by atoms with Crippen molar-refractivity contribution in [3.8, 4) is 0 Å². The van der Waals surface area contributed by atoms with Gasteiger partial charge in [-0.05, 0) is 43.0 Å². The summed E-state index contributed by atoms with van der Waals surface area (Å²) in [7, 11) is 0. The Labute approximate surface area is 110 Å². The van der Waals surface area contributed by atoms with E-state index in [0.717, 1.165) is 41.4 Å². The Kier molecular flexibility index (Phi) is 3.01. The van der Waals surface area contributed by atoms with E-state index in [9.17, 15) is 9.18 Å². The second-order valence-corrected chi connectivity index (χ2v) is 4.97. The zero-order valence-corrected chi connectivity index (χ0v) is 10.8. The lowest BCUT2D eigenvalue weighted by atomic mass is 10.1. The largest absolute Gasteiger partial charge is 0.456 e. The van der Waals surface area contributed by atoms with E-state index >= 15 is 0 Å². The molecule has 3 rings (SSSR count). The summed E-state index contributed by atoms with van der Waals surface area (Å²) in [4.78, 5) is 14.8. The van der Waals surface area contributed by atoms with E-state index in [2.05, 4.69) is 4.98 Å². The molecule has 1 N–H and O–H groups in total. The van der Waals surface area contributed by atoms with Gasteiger partial charge in [-0.1, -0.05) is 6.92 Å². The molecule has 1 atom stereocenters. The van der Waals surface area contributed by atoms with Crippen LogP contribution in [0.1, 0.15) is 43.5 Å². The molecule has 1 aromatic heterocycles. The second kappa shape index (κ2) is 4.68. The Balaban J connectivity index is 1.92.